The van der Waals surface area contributed by atoms with E-state index in [4.69, 9.17) is 23.7 Å². The number of aromatic hydroxyl groups is 12. The van der Waals surface area contributed by atoms with E-state index in [1.54, 1.807) is 0 Å². The van der Waals surface area contributed by atoms with Gasteiger partial charge in [0.2, 0.25) is 12.4 Å². The van der Waals surface area contributed by atoms with Crippen LogP contribution in [0.3, 0.4) is 0 Å². The maximum atomic E-state index is 13.4. The molecular formula is C33H26O21. The Morgan fingerprint density at radius 2 is 0.667 bits per heavy atom. The third-order valence-electron chi connectivity index (χ3n) is 7.57. The van der Waals surface area contributed by atoms with Crippen molar-refractivity contribution in [1.29, 1.82) is 0 Å². The van der Waals surface area contributed by atoms with Crippen LogP contribution in [0.4, 0.5) is 0 Å². The van der Waals surface area contributed by atoms with Crippen LogP contribution in [0.2, 0.25) is 0 Å². The lowest BCUT2D eigenvalue weighted by Crippen LogP contribution is -2.58. The molecule has 0 spiro atoms. The molecule has 4 aromatic carbocycles. The zero-order chi connectivity index (χ0) is 39.8. The van der Waals surface area contributed by atoms with Gasteiger partial charge >= 0.3 is 23.9 Å². The van der Waals surface area contributed by atoms with E-state index in [2.05, 4.69) is 0 Å². The number of hydrogen-bond donors (Lipinski definition) is 12. The number of phenolic OH excluding ortho intramolecular Hbond substituents is 12. The minimum Gasteiger partial charge on any atom is -0.504 e. The van der Waals surface area contributed by atoms with Gasteiger partial charge in [-0.1, -0.05) is 0 Å². The van der Waals surface area contributed by atoms with Gasteiger partial charge in [-0.2, -0.15) is 0 Å². The first-order valence-electron chi connectivity index (χ1n) is 14.8. The average Bonchev–Trinajstić information content (AvgIpc) is 3.11. The van der Waals surface area contributed by atoms with Crippen molar-refractivity contribution in [2.75, 3.05) is 6.61 Å². The molecule has 0 radical (unpaired) electrons. The highest BCUT2D eigenvalue weighted by Gasteiger charge is 2.50. The fourth-order valence-corrected chi connectivity index (χ4v) is 4.86. The van der Waals surface area contributed by atoms with Gasteiger partial charge in [-0.3, -0.25) is 0 Å². The zero-order valence-electron chi connectivity index (χ0n) is 26.7. The van der Waals surface area contributed by atoms with Crippen LogP contribution in [0.5, 0.6) is 69.0 Å². The summed E-state index contributed by atoms with van der Waals surface area (Å²) in [5.74, 6) is -17.9. The van der Waals surface area contributed by atoms with Gasteiger partial charge in [-0.15, -0.1) is 0 Å². The number of ether oxygens (including phenoxy) is 5. The molecule has 284 valence electrons. The summed E-state index contributed by atoms with van der Waals surface area (Å²) in [5.41, 5.74) is -2.59. The van der Waals surface area contributed by atoms with Crippen LogP contribution in [0.1, 0.15) is 41.4 Å². The van der Waals surface area contributed by atoms with Crippen LogP contribution in [0.25, 0.3) is 0 Å². The second-order valence-electron chi connectivity index (χ2n) is 11.2. The van der Waals surface area contributed by atoms with Gasteiger partial charge in [0.1, 0.15) is 0 Å². The van der Waals surface area contributed by atoms with Crippen molar-refractivity contribution < 1.29 is 104 Å². The van der Waals surface area contributed by atoms with E-state index in [1.165, 1.54) is 0 Å². The molecule has 1 aliphatic rings. The molecule has 21 heteroatoms. The Morgan fingerprint density at radius 1 is 0.407 bits per heavy atom. The van der Waals surface area contributed by atoms with Crippen molar-refractivity contribution in [3.63, 3.8) is 0 Å². The van der Waals surface area contributed by atoms with Gasteiger partial charge in [-0.25, -0.2) is 19.2 Å². The van der Waals surface area contributed by atoms with Crippen molar-refractivity contribution in [1.82, 2.24) is 0 Å². The quantitative estimate of drug-likeness (QED) is 0.0685. The molecule has 1 heterocycles. The summed E-state index contributed by atoms with van der Waals surface area (Å²) in [7, 11) is 0. The number of hydrogen-bond acceptors (Lipinski definition) is 21. The summed E-state index contributed by atoms with van der Waals surface area (Å²) in [6.45, 7) is -0.898. The maximum Gasteiger partial charge on any atom is 0.340 e. The molecule has 1 aliphatic heterocycles. The van der Waals surface area contributed by atoms with Gasteiger partial charge in [0.05, 0.1) is 28.9 Å². The third kappa shape index (κ3) is 7.50. The highest BCUT2D eigenvalue weighted by atomic mass is 16.7. The number of phenols is 12. The van der Waals surface area contributed by atoms with Gasteiger partial charge in [0.25, 0.3) is 0 Å². The normalized spacial score (nSPS) is 17.9. The molecule has 12 N–H and O–H groups in total. The van der Waals surface area contributed by atoms with E-state index >= 15 is 0 Å². The van der Waals surface area contributed by atoms with Gasteiger partial charge < -0.3 is 85.0 Å². The van der Waals surface area contributed by atoms with Crippen LogP contribution >= 0.6 is 0 Å². The fourth-order valence-electron chi connectivity index (χ4n) is 4.86. The second-order valence-corrected chi connectivity index (χ2v) is 11.2. The highest BCUT2D eigenvalue weighted by Crippen LogP contribution is 2.40. The van der Waals surface area contributed by atoms with Crippen LogP contribution in [0, 0.1) is 0 Å². The number of benzene rings is 4. The van der Waals surface area contributed by atoms with Crippen molar-refractivity contribution in [3.05, 3.63) is 70.8 Å². The summed E-state index contributed by atoms with van der Waals surface area (Å²) in [6.07, 6.45) is -8.50. The Balaban J connectivity index is 1.58. The van der Waals surface area contributed by atoms with Crippen LogP contribution in [-0.2, 0) is 23.7 Å². The molecule has 5 rings (SSSR count). The van der Waals surface area contributed by atoms with E-state index < -0.39 is 146 Å². The minimum absolute atomic E-state index is 0.606. The number of carbonyl (C=O) groups excluding carboxylic acids is 4. The SMILES string of the molecule is O=C(O[C@@H]1OC[C@H](OC(=O)c2cc(O)c(O)c(O)c2)[C@H](OC(=O)c2cc(O)c(O)c(O)c2)[C@H]1OC(=O)c1cc(O)c(O)c(O)c1)c1cc(O)c(O)c(O)c1. The molecule has 0 unspecified atom stereocenters. The fraction of sp³-hybridized carbons (Fsp3) is 0.152. The van der Waals surface area contributed by atoms with Crippen molar-refractivity contribution in [2.45, 2.75) is 24.6 Å². The molecule has 0 bridgehead atoms. The first-order chi connectivity index (χ1) is 25.4. The van der Waals surface area contributed by atoms with Crippen LogP contribution in [0.15, 0.2) is 48.5 Å². The molecule has 0 aliphatic carbocycles. The van der Waals surface area contributed by atoms with E-state index in [0.717, 1.165) is 0 Å². The van der Waals surface area contributed by atoms with E-state index in [9.17, 15) is 80.5 Å². The number of rotatable bonds is 8. The third-order valence-corrected chi connectivity index (χ3v) is 7.57. The van der Waals surface area contributed by atoms with Crippen LogP contribution < -0.4 is 0 Å². The van der Waals surface area contributed by atoms with Gasteiger partial charge in [0, 0.05) is 0 Å². The van der Waals surface area contributed by atoms with Crippen LogP contribution in [-0.4, -0.2) is 116 Å². The predicted octanol–water partition coefficient (Wildman–Crippen LogP) is 1.34. The largest absolute Gasteiger partial charge is 0.504 e. The Labute approximate surface area is 299 Å². The molecule has 1 fully saturated rings. The minimum atomic E-state index is -2.25. The second kappa shape index (κ2) is 14.5. The average molecular weight is 759 g/mol. The lowest BCUT2D eigenvalue weighted by Gasteiger charge is -2.40. The highest BCUT2D eigenvalue weighted by molar-refractivity contribution is 5.94. The van der Waals surface area contributed by atoms with Crippen molar-refractivity contribution in [2.24, 2.45) is 0 Å². The van der Waals surface area contributed by atoms with Gasteiger partial charge in [0.15, 0.2) is 81.2 Å². The molecule has 0 amide bonds. The molecule has 0 saturated carbocycles. The summed E-state index contributed by atoms with van der Waals surface area (Å²) >= 11 is 0. The Hall–Kier alpha value is -7.68. The van der Waals surface area contributed by atoms with Crippen molar-refractivity contribution >= 4 is 23.9 Å². The monoisotopic (exact) mass is 758 g/mol. The maximum absolute atomic E-state index is 13.4. The van der Waals surface area contributed by atoms with E-state index in [0.29, 0.717) is 48.5 Å². The molecule has 54 heavy (non-hydrogen) atoms. The molecule has 21 nitrogen and oxygen atoms in total. The first kappa shape index (κ1) is 37.6. The van der Waals surface area contributed by atoms with E-state index in [1.807, 2.05) is 0 Å². The topological polar surface area (TPSA) is 357 Å². The predicted molar refractivity (Wildman–Crippen MR) is 169 cm³/mol. The Bertz CT molecular complexity index is 1930. The van der Waals surface area contributed by atoms with Gasteiger partial charge in [-0.05, 0) is 48.5 Å². The summed E-state index contributed by atoms with van der Waals surface area (Å²) in [5, 5.41) is 118. The Kier molecular flexibility index (Phi) is 10.1. The molecular weight excluding hydrogens is 732 g/mol. The number of esters is 4. The lowest BCUT2D eigenvalue weighted by molar-refractivity contribution is -0.250. The molecule has 4 atom stereocenters. The molecule has 1 saturated heterocycles. The molecule has 4 aromatic rings. The zero-order valence-corrected chi connectivity index (χ0v) is 26.7. The van der Waals surface area contributed by atoms with Crippen molar-refractivity contribution in [3.8, 4) is 69.0 Å². The Morgan fingerprint density at radius 3 is 0.981 bits per heavy atom. The summed E-state index contributed by atoms with van der Waals surface area (Å²) < 4.78 is 27.1. The lowest BCUT2D eigenvalue weighted by atomic mass is 10.0. The standard InChI is InChI=1S/C33H26O21/c34-14-1-10(2-15(35)23(14)42)29(46)51-22-9-50-33(54-32(49)13-7-20(40)26(45)21(41)8-13)28(53-31(48)12-5-18(38)25(44)19(39)6-12)27(22)52-30(47)11-3-16(36)24(43)17(37)4-11/h1-8,22,27-28,33-45H,9H2/t22-,27-,28+,33-/m0/s1. The smallest absolute Gasteiger partial charge is 0.340 e. The van der Waals surface area contributed by atoms with E-state index in [-0.39, 0.29) is 0 Å². The summed E-state index contributed by atoms with van der Waals surface area (Å²) in [4.78, 5) is 53.2. The molecule has 0 aromatic heterocycles. The number of carbonyl (C=O) groups is 4. The summed E-state index contributed by atoms with van der Waals surface area (Å²) in [6, 6.07) is 5.13. The first-order valence-corrected chi connectivity index (χ1v) is 14.8.